The smallest absolute Gasteiger partial charge is 0.324 e. The Balaban J connectivity index is 4.20. The van der Waals surface area contributed by atoms with Crippen LogP contribution in [0.4, 0.5) is 0 Å². The molecule has 0 heterocycles. The van der Waals surface area contributed by atoms with Gasteiger partial charge in [-0.25, -0.2) is 0 Å². The van der Waals surface area contributed by atoms with Crippen LogP contribution in [0.15, 0.2) is 0 Å². The third-order valence-corrected chi connectivity index (χ3v) is 5.36. The van der Waals surface area contributed by atoms with Crippen LogP contribution in [0.2, 0.25) is 5.54 Å². The maximum absolute atomic E-state index is 5.98. The molecule has 0 aromatic heterocycles. The zero-order valence-corrected chi connectivity index (χ0v) is 13.1. The van der Waals surface area contributed by atoms with Gasteiger partial charge in [-0.2, -0.15) is 0 Å². The maximum Gasteiger partial charge on any atom is 0.324 e. The number of hydrogen-bond acceptors (Lipinski definition) is 3. The molecule has 0 radical (unpaired) electrons. The normalized spacial score (nSPS) is 13.2. The van der Waals surface area contributed by atoms with Crippen LogP contribution in [0, 0.1) is 0 Å². The van der Waals surface area contributed by atoms with Gasteiger partial charge in [0.15, 0.2) is 0 Å². The molecule has 3 nitrogen and oxygen atoms in total. The average molecular weight is 261 g/mol. The van der Waals surface area contributed by atoms with Crippen LogP contribution in [0.25, 0.3) is 0 Å². The topological polar surface area (TPSA) is 44.5 Å². The molecule has 0 aromatic rings. The van der Waals surface area contributed by atoms with E-state index >= 15 is 0 Å². The quantitative estimate of drug-likeness (QED) is 0.549. The summed E-state index contributed by atoms with van der Waals surface area (Å²) in [6.45, 7) is 9.02. The molecule has 0 aromatic carbocycles. The van der Waals surface area contributed by atoms with Gasteiger partial charge in [0.25, 0.3) is 0 Å². The molecule has 0 spiro atoms. The van der Waals surface area contributed by atoms with E-state index in [-0.39, 0.29) is 0 Å². The van der Waals surface area contributed by atoms with Gasteiger partial charge in [-0.3, -0.25) is 0 Å². The first-order chi connectivity index (χ1) is 8.29. The predicted molar refractivity (Wildman–Crippen MR) is 76.6 cm³/mol. The van der Waals surface area contributed by atoms with Crippen LogP contribution in [0.1, 0.15) is 59.3 Å². The van der Waals surface area contributed by atoms with Crippen molar-refractivity contribution < 1.29 is 8.85 Å². The highest BCUT2D eigenvalue weighted by atomic mass is 28.3. The van der Waals surface area contributed by atoms with Gasteiger partial charge < -0.3 is 14.6 Å². The minimum absolute atomic E-state index is 0.640. The zero-order valence-electron chi connectivity index (χ0n) is 11.9. The Morgan fingerprint density at radius 3 is 1.94 bits per heavy atom. The molecule has 1 atom stereocenters. The minimum atomic E-state index is -1.49. The third-order valence-electron chi connectivity index (χ3n) is 2.80. The summed E-state index contributed by atoms with van der Waals surface area (Å²) in [4.78, 5) is 0. The third kappa shape index (κ3) is 8.77. The first kappa shape index (κ1) is 17.1. The fraction of sp³-hybridized carbons (Fsp3) is 1.00. The average Bonchev–Trinajstić information content (AvgIpc) is 2.35. The molecular weight excluding hydrogens is 230 g/mol. The Morgan fingerprint density at radius 2 is 1.53 bits per heavy atom. The van der Waals surface area contributed by atoms with E-state index in [4.69, 9.17) is 14.6 Å². The van der Waals surface area contributed by atoms with Gasteiger partial charge in [0.1, 0.15) is 0 Å². The van der Waals surface area contributed by atoms with E-state index < -0.39 is 9.28 Å². The van der Waals surface area contributed by atoms with Gasteiger partial charge in [0.2, 0.25) is 0 Å². The summed E-state index contributed by atoms with van der Waals surface area (Å²) in [5.41, 5.74) is 6.25. The number of hydrogen-bond donors (Lipinski definition) is 1. The van der Waals surface area contributed by atoms with E-state index in [1.165, 1.54) is 19.3 Å². The number of nitrogens with two attached hydrogens (primary N) is 1. The highest BCUT2D eigenvalue weighted by Crippen LogP contribution is 2.25. The van der Waals surface area contributed by atoms with Crippen LogP contribution in [0.5, 0.6) is 0 Å². The van der Waals surface area contributed by atoms with Crippen LogP contribution in [-0.4, -0.2) is 29.0 Å². The second kappa shape index (κ2) is 12.6. The molecule has 0 saturated carbocycles. The molecule has 0 aliphatic rings. The van der Waals surface area contributed by atoms with Crippen molar-refractivity contribution in [1.82, 2.24) is 0 Å². The molecule has 2 N–H and O–H groups in total. The molecule has 17 heavy (non-hydrogen) atoms. The first-order valence-electron chi connectivity index (χ1n) is 7.23. The van der Waals surface area contributed by atoms with E-state index in [0.717, 1.165) is 39.0 Å². The fourth-order valence-electron chi connectivity index (χ4n) is 1.96. The highest BCUT2D eigenvalue weighted by Gasteiger charge is 2.24. The van der Waals surface area contributed by atoms with Crippen LogP contribution < -0.4 is 5.73 Å². The lowest BCUT2D eigenvalue weighted by atomic mass is 10.1. The Kier molecular flexibility index (Phi) is 12.6. The lowest BCUT2D eigenvalue weighted by Gasteiger charge is -2.25. The molecule has 1 unspecified atom stereocenters. The van der Waals surface area contributed by atoms with E-state index in [1.54, 1.807) is 0 Å². The van der Waals surface area contributed by atoms with Gasteiger partial charge in [0, 0.05) is 13.2 Å². The Labute approximate surface area is 109 Å². The minimum Gasteiger partial charge on any atom is -0.396 e. The summed E-state index contributed by atoms with van der Waals surface area (Å²) >= 11 is 0. The van der Waals surface area contributed by atoms with Crippen molar-refractivity contribution in [1.29, 1.82) is 0 Å². The van der Waals surface area contributed by atoms with Crippen LogP contribution in [-0.2, 0) is 8.85 Å². The monoisotopic (exact) mass is 261 g/mol. The van der Waals surface area contributed by atoms with Crippen molar-refractivity contribution >= 4 is 9.28 Å². The Hall–Kier alpha value is 0.0969. The largest absolute Gasteiger partial charge is 0.396 e. The molecule has 0 aliphatic carbocycles. The molecule has 0 rings (SSSR count). The molecular formula is C13H31NO2Si. The van der Waals surface area contributed by atoms with Gasteiger partial charge >= 0.3 is 9.28 Å². The zero-order chi connectivity index (χ0) is 12.9. The summed E-state index contributed by atoms with van der Waals surface area (Å²) in [5, 5.41) is 0. The van der Waals surface area contributed by atoms with Crippen molar-refractivity contribution in [2.45, 2.75) is 64.8 Å². The predicted octanol–water partition coefficient (Wildman–Crippen LogP) is 2.97. The summed E-state index contributed by atoms with van der Waals surface area (Å²) in [6, 6.07) is 0. The van der Waals surface area contributed by atoms with Crippen molar-refractivity contribution in [2.24, 2.45) is 5.73 Å². The first-order valence-corrected chi connectivity index (χ1v) is 8.84. The van der Waals surface area contributed by atoms with Crippen molar-refractivity contribution in [3.8, 4) is 0 Å². The van der Waals surface area contributed by atoms with Gasteiger partial charge in [-0.05, 0) is 44.2 Å². The SMILES string of the molecule is CCCO[SiH](OCCC)C(CCC)CCCN. The van der Waals surface area contributed by atoms with E-state index in [2.05, 4.69) is 20.8 Å². The summed E-state index contributed by atoms with van der Waals surface area (Å²) < 4.78 is 12.0. The second-order valence-corrected chi connectivity index (χ2v) is 6.94. The summed E-state index contributed by atoms with van der Waals surface area (Å²) in [5.74, 6) is 0. The maximum atomic E-state index is 5.98. The van der Waals surface area contributed by atoms with E-state index in [1.807, 2.05) is 0 Å². The fourth-order valence-corrected chi connectivity index (χ4v) is 4.65. The summed E-state index contributed by atoms with van der Waals surface area (Å²) in [7, 11) is -1.49. The molecule has 0 saturated heterocycles. The molecule has 0 fully saturated rings. The number of rotatable bonds is 12. The molecule has 0 amide bonds. The van der Waals surface area contributed by atoms with Crippen LogP contribution >= 0.6 is 0 Å². The van der Waals surface area contributed by atoms with Crippen molar-refractivity contribution in [3.05, 3.63) is 0 Å². The van der Waals surface area contributed by atoms with Crippen molar-refractivity contribution in [2.75, 3.05) is 19.8 Å². The van der Waals surface area contributed by atoms with Crippen molar-refractivity contribution in [3.63, 3.8) is 0 Å². The summed E-state index contributed by atoms with van der Waals surface area (Å²) in [6.07, 6.45) is 6.87. The highest BCUT2D eigenvalue weighted by molar-refractivity contribution is 6.46. The molecule has 0 aliphatic heterocycles. The second-order valence-electron chi connectivity index (χ2n) is 4.59. The lowest BCUT2D eigenvalue weighted by Crippen LogP contribution is -2.30. The van der Waals surface area contributed by atoms with Gasteiger partial charge in [-0.1, -0.05) is 27.2 Å². The Bertz CT molecular complexity index is 150. The van der Waals surface area contributed by atoms with Crippen LogP contribution in [0.3, 0.4) is 0 Å². The molecule has 0 bridgehead atoms. The Morgan fingerprint density at radius 1 is 0.941 bits per heavy atom. The van der Waals surface area contributed by atoms with E-state index in [0.29, 0.717) is 5.54 Å². The molecule has 4 heteroatoms. The lowest BCUT2D eigenvalue weighted by molar-refractivity contribution is 0.184. The molecule has 104 valence electrons. The van der Waals surface area contributed by atoms with Gasteiger partial charge in [0.05, 0.1) is 0 Å². The van der Waals surface area contributed by atoms with Gasteiger partial charge in [-0.15, -0.1) is 0 Å². The standard InChI is InChI=1S/C13H31NO2Si/c1-4-8-13(9-7-10-14)17(15-11-5-2)16-12-6-3/h13,17H,4-12,14H2,1-3H3. The van der Waals surface area contributed by atoms with E-state index in [9.17, 15) is 0 Å².